The molecule has 0 bridgehead atoms. The van der Waals surface area contributed by atoms with Crippen molar-refractivity contribution in [2.24, 2.45) is 0 Å². The van der Waals surface area contributed by atoms with Gasteiger partial charge in [0.25, 0.3) is 0 Å². The van der Waals surface area contributed by atoms with E-state index in [-0.39, 0.29) is 3.59 Å². The van der Waals surface area contributed by atoms with Crippen LogP contribution in [0.15, 0.2) is 18.2 Å². The van der Waals surface area contributed by atoms with Gasteiger partial charge in [-0.15, -0.1) is 0 Å². The van der Waals surface area contributed by atoms with E-state index in [0.717, 1.165) is 22.8 Å². The van der Waals surface area contributed by atoms with Crippen molar-refractivity contribution >= 4 is 24.2 Å². The van der Waals surface area contributed by atoms with Crippen LogP contribution in [-0.4, -0.2) is 29.1 Å². The number of hydrogen-bond donors (Lipinski definition) is 0. The maximum absolute atomic E-state index is 7.11. The van der Waals surface area contributed by atoms with E-state index in [1.807, 2.05) is 6.07 Å². The molecule has 0 aliphatic heterocycles. The molecule has 0 radical (unpaired) electrons. The molecular formula is C21H33ClO2PPd. The Morgan fingerprint density at radius 1 is 0.846 bits per heavy atom. The third-order valence-corrected chi connectivity index (χ3v) is 15.9. The molecule has 2 saturated carbocycles. The van der Waals surface area contributed by atoms with Gasteiger partial charge in [0.2, 0.25) is 0 Å². The van der Waals surface area contributed by atoms with Gasteiger partial charge in [0.1, 0.15) is 0 Å². The predicted molar refractivity (Wildman–Crippen MR) is 111 cm³/mol. The van der Waals surface area contributed by atoms with Crippen LogP contribution in [-0.2, 0) is 19.2 Å². The van der Waals surface area contributed by atoms with E-state index in [2.05, 4.69) is 31.3 Å². The van der Waals surface area contributed by atoms with Crippen molar-refractivity contribution in [1.82, 2.24) is 0 Å². The SMILES string of the molecule is COc1cc(OC)cc([PH]([CH](Cl)[Pd])(C2CCCCC2)C2CCCCC2)c1. The first-order chi connectivity index (χ1) is 12.6. The second-order valence-electron chi connectivity index (χ2n) is 7.97. The number of methoxy groups -OCH3 is 2. The Labute approximate surface area is 175 Å². The van der Waals surface area contributed by atoms with Crippen molar-refractivity contribution in [1.29, 1.82) is 0 Å². The van der Waals surface area contributed by atoms with Crippen LogP contribution >= 0.6 is 18.9 Å². The molecule has 2 aliphatic carbocycles. The monoisotopic (exact) mass is 489 g/mol. The summed E-state index contributed by atoms with van der Waals surface area (Å²) in [6, 6.07) is 6.55. The molecule has 2 aliphatic rings. The number of ether oxygens (including phenoxy) is 2. The third-order valence-electron chi connectivity index (χ3n) is 6.74. The van der Waals surface area contributed by atoms with Crippen LogP contribution in [0.1, 0.15) is 64.2 Å². The zero-order valence-corrected chi connectivity index (χ0v) is 19.4. The van der Waals surface area contributed by atoms with Gasteiger partial charge in [-0.1, -0.05) is 0 Å². The summed E-state index contributed by atoms with van der Waals surface area (Å²) >= 11 is 10.7. The van der Waals surface area contributed by atoms with Gasteiger partial charge in [-0.05, 0) is 0 Å². The number of halogens is 1. The topological polar surface area (TPSA) is 18.5 Å². The van der Waals surface area contributed by atoms with E-state index >= 15 is 0 Å². The van der Waals surface area contributed by atoms with Crippen LogP contribution in [0.25, 0.3) is 0 Å². The summed E-state index contributed by atoms with van der Waals surface area (Å²) in [5.41, 5.74) is 1.52. The zero-order valence-electron chi connectivity index (χ0n) is 16.0. The average Bonchev–Trinajstić information content (AvgIpc) is 2.69. The average molecular weight is 490 g/mol. The quantitative estimate of drug-likeness (QED) is 0.285. The summed E-state index contributed by atoms with van der Waals surface area (Å²) in [7, 11) is 1.49. The number of hydrogen-bond acceptors (Lipinski definition) is 2. The number of rotatable bonds is 6. The van der Waals surface area contributed by atoms with Gasteiger partial charge in [-0.2, -0.15) is 0 Å². The van der Waals surface area contributed by atoms with Crippen LogP contribution in [0.5, 0.6) is 11.5 Å². The summed E-state index contributed by atoms with van der Waals surface area (Å²) in [6.07, 6.45) is 13.5. The van der Waals surface area contributed by atoms with E-state index in [4.69, 9.17) is 21.1 Å². The van der Waals surface area contributed by atoms with Crippen molar-refractivity contribution < 1.29 is 28.7 Å². The van der Waals surface area contributed by atoms with Gasteiger partial charge in [-0.25, -0.2) is 0 Å². The van der Waals surface area contributed by atoms with E-state index in [0.29, 0.717) is 0 Å². The van der Waals surface area contributed by atoms with Crippen LogP contribution in [0.4, 0.5) is 0 Å². The van der Waals surface area contributed by atoms with Crippen molar-refractivity contribution in [3.05, 3.63) is 18.2 Å². The first-order valence-corrected chi connectivity index (χ1v) is 13.7. The fourth-order valence-electron chi connectivity index (χ4n) is 5.47. The second-order valence-corrected chi connectivity index (χ2v) is 15.6. The molecular weight excluding hydrogens is 457 g/mol. The van der Waals surface area contributed by atoms with Gasteiger partial charge in [0.15, 0.2) is 0 Å². The molecule has 0 saturated heterocycles. The second kappa shape index (κ2) is 9.61. The molecule has 1 atom stereocenters. The minimum absolute atomic E-state index is 0.0912. The predicted octanol–water partition coefficient (Wildman–Crippen LogP) is 5.81. The van der Waals surface area contributed by atoms with Gasteiger partial charge in [0, 0.05) is 0 Å². The van der Waals surface area contributed by atoms with E-state index in [1.165, 1.54) is 69.5 Å². The fourth-order valence-corrected chi connectivity index (χ4v) is 15.9. The Bertz CT molecular complexity index is 543. The van der Waals surface area contributed by atoms with Crippen molar-refractivity contribution in [3.63, 3.8) is 0 Å². The molecule has 1 aromatic rings. The minimum atomic E-state index is -2.00. The Morgan fingerprint density at radius 3 is 1.62 bits per heavy atom. The number of alkyl halides is 1. The van der Waals surface area contributed by atoms with Crippen molar-refractivity contribution in [2.75, 3.05) is 14.2 Å². The van der Waals surface area contributed by atoms with Crippen molar-refractivity contribution in [3.8, 4) is 11.5 Å². The Morgan fingerprint density at radius 2 is 1.27 bits per heavy atom. The molecule has 0 heterocycles. The van der Waals surface area contributed by atoms with Gasteiger partial charge < -0.3 is 0 Å². The van der Waals surface area contributed by atoms with Crippen molar-refractivity contribution in [2.45, 2.75) is 79.1 Å². The molecule has 0 aromatic heterocycles. The molecule has 5 heteroatoms. The molecule has 0 amide bonds. The Balaban J connectivity index is 2.14. The molecule has 26 heavy (non-hydrogen) atoms. The van der Waals surface area contributed by atoms with Gasteiger partial charge in [-0.3, -0.25) is 0 Å². The third kappa shape index (κ3) is 4.12. The maximum atomic E-state index is 7.11. The molecule has 151 valence electrons. The molecule has 0 spiro atoms. The number of benzene rings is 1. The Kier molecular flexibility index (Phi) is 7.73. The summed E-state index contributed by atoms with van der Waals surface area (Å²) in [5, 5.41) is 1.44. The van der Waals surface area contributed by atoms with Crippen LogP contribution in [0, 0.1) is 0 Å². The molecule has 2 fully saturated rings. The van der Waals surface area contributed by atoms with E-state index in [9.17, 15) is 0 Å². The molecule has 2 nitrogen and oxygen atoms in total. The normalized spacial score (nSPS) is 22.0. The molecule has 1 unspecified atom stereocenters. The van der Waals surface area contributed by atoms with Crippen LogP contribution in [0.3, 0.4) is 0 Å². The summed E-state index contributed by atoms with van der Waals surface area (Å²) < 4.78 is 11.4. The zero-order chi connectivity index (χ0) is 18.6. The van der Waals surface area contributed by atoms with E-state index in [1.54, 1.807) is 14.2 Å². The summed E-state index contributed by atoms with van der Waals surface area (Å²) in [5.74, 6) is 1.80. The summed E-state index contributed by atoms with van der Waals surface area (Å²) in [4.78, 5) is 0. The van der Waals surface area contributed by atoms with Gasteiger partial charge in [0.05, 0.1) is 0 Å². The van der Waals surface area contributed by atoms with Gasteiger partial charge >= 0.3 is 176 Å². The standard InChI is InChI=1S/C21H33ClO2P.Pd/c1-23-17-13-18(24-2)15-21(14-17)25(16-22,19-9-5-3-6-10-19)20-11-7-4-8-12-20;/h13-16,19-20,25H,3-12H2,1-2H3;. The molecule has 3 rings (SSSR count). The molecule has 1 aromatic carbocycles. The fraction of sp³-hybridized carbons (Fsp3) is 0.714. The summed E-state index contributed by atoms with van der Waals surface area (Å²) in [6.45, 7) is 0. The first kappa shape index (κ1) is 20.9. The van der Waals surface area contributed by atoms with Crippen LogP contribution in [0.2, 0.25) is 0 Å². The Hall–Kier alpha value is 0.202. The van der Waals surface area contributed by atoms with Crippen LogP contribution < -0.4 is 14.8 Å². The van der Waals surface area contributed by atoms with E-state index < -0.39 is 7.26 Å². The first-order valence-electron chi connectivity index (χ1n) is 10.1. The molecule has 0 N–H and O–H groups in total.